The Morgan fingerprint density at radius 2 is 1.90 bits per heavy atom. The van der Waals surface area contributed by atoms with E-state index in [0.717, 1.165) is 15.2 Å². The number of fused-ring (bicyclic) bond motifs is 1. The third-order valence-corrected chi connectivity index (χ3v) is 7.59. The molecule has 0 atom stereocenters. The van der Waals surface area contributed by atoms with Crippen LogP contribution in [0.1, 0.15) is 29.2 Å². The maximum atomic E-state index is 12.9. The number of carbonyl (C=O) groups is 1. The molecule has 0 saturated heterocycles. The van der Waals surface area contributed by atoms with Gasteiger partial charge in [0.15, 0.2) is 0 Å². The molecule has 0 saturated carbocycles. The van der Waals surface area contributed by atoms with Crippen LogP contribution in [0.4, 0.5) is 0 Å². The minimum absolute atomic E-state index is 0.0173. The highest BCUT2D eigenvalue weighted by Gasteiger charge is 2.26. The number of benzene rings is 2. The fourth-order valence-electron chi connectivity index (χ4n) is 2.98. The first-order valence-electron chi connectivity index (χ1n) is 9.21. The summed E-state index contributed by atoms with van der Waals surface area (Å²) in [5, 5.41) is 3.59. The molecule has 29 heavy (non-hydrogen) atoms. The molecule has 0 aliphatic carbocycles. The third kappa shape index (κ3) is 4.42. The molecule has 0 fully saturated rings. The molecule has 0 spiro atoms. The van der Waals surface area contributed by atoms with E-state index in [2.05, 4.69) is 10.3 Å². The van der Waals surface area contributed by atoms with Gasteiger partial charge in [-0.1, -0.05) is 26.0 Å². The summed E-state index contributed by atoms with van der Waals surface area (Å²) in [5.41, 5.74) is 1.14. The summed E-state index contributed by atoms with van der Waals surface area (Å²) in [4.78, 5) is 17.1. The van der Waals surface area contributed by atoms with E-state index < -0.39 is 10.0 Å². The summed E-state index contributed by atoms with van der Waals surface area (Å²) in [6, 6.07) is 12.2. The summed E-state index contributed by atoms with van der Waals surface area (Å²) in [5.74, 6) is -0.164. The molecule has 3 aromatic rings. The van der Waals surface area contributed by atoms with Crippen molar-refractivity contribution in [3.8, 4) is 5.75 Å². The fraction of sp³-hybridized carbons (Fsp3) is 0.300. The van der Waals surface area contributed by atoms with E-state index in [0.29, 0.717) is 13.1 Å². The van der Waals surface area contributed by atoms with E-state index in [1.165, 1.54) is 34.9 Å². The Bertz CT molecular complexity index is 1090. The van der Waals surface area contributed by atoms with Crippen LogP contribution in [0.3, 0.4) is 0 Å². The van der Waals surface area contributed by atoms with Crippen molar-refractivity contribution < 1.29 is 17.9 Å². The molecule has 0 bridgehead atoms. The first-order valence-corrected chi connectivity index (χ1v) is 11.5. The summed E-state index contributed by atoms with van der Waals surface area (Å²) < 4.78 is 33.5. The molecule has 0 unspecified atom stereocenters. The number of hydrogen-bond donors (Lipinski definition) is 1. The van der Waals surface area contributed by atoms with Gasteiger partial charge in [0.05, 0.1) is 23.9 Å². The highest BCUT2D eigenvalue weighted by atomic mass is 32.2. The molecule has 9 heteroatoms. The van der Waals surface area contributed by atoms with Crippen LogP contribution >= 0.6 is 11.3 Å². The van der Waals surface area contributed by atoms with E-state index in [-0.39, 0.29) is 28.7 Å². The van der Waals surface area contributed by atoms with Crippen molar-refractivity contribution in [1.29, 1.82) is 0 Å². The smallest absolute Gasteiger partial charge is 0.251 e. The zero-order valence-corrected chi connectivity index (χ0v) is 18.1. The standard InChI is InChI=1S/C20H23N3O4S2/c1-4-23(5-2)29(25,26)18-12-14(10-11-16(18)27-3)20(24)21-13-19-22-15-8-6-7-9-17(15)28-19/h6-12H,4-5,13H2,1-3H3,(H,21,24). The highest BCUT2D eigenvalue weighted by Crippen LogP contribution is 2.28. The van der Waals surface area contributed by atoms with Crippen LogP contribution in [0.15, 0.2) is 47.4 Å². The van der Waals surface area contributed by atoms with Gasteiger partial charge >= 0.3 is 0 Å². The largest absolute Gasteiger partial charge is 0.495 e. The minimum atomic E-state index is -3.77. The highest BCUT2D eigenvalue weighted by molar-refractivity contribution is 7.89. The number of nitrogens with one attached hydrogen (secondary N) is 1. The van der Waals surface area contributed by atoms with Crippen molar-refractivity contribution in [1.82, 2.24) is 14.6 Å². The summed E-state index contributed by atoms with van der Waals surface area (Å²) in [7, 11) is -2.36. The van der Waals surface area contributed by atoms with Crippen LogP contribution in [0.2, 0.25) is 0 Å². The average molecular weight is 434 g/mol. The number of amides is 1. The Hall–Kier alpha value is -2.49. The molecule has 1 aromatic heterocycles. The number of hydrogen-bond acceptors (Lipinski definition) is 6. The van der Waals surface area contributed by atoms with E-state index in [1.54, 1.807) is 19.9 Å². The lowest BCUT2D eigenvalue weighted by Gasteiger charge is -2.20. The number of methoxy groups -OCH3 is 1. The Morgan fingerprint density at radius 1 is 1.17 bits per heavy atom. The van der Waals surface area contributed by atoms with E-state index in [1.807, 2.05) is 24.3 Å². The van der Waals surface area contributed by atoms with Gasteiger partial charge in [0.1, 0.15) is 15.7 Å². The summed E-state index contributed by atoms with van der Waals surface area (Å²) in [6.45, 7) is 4.46. The van der Waals surface area contributed by atoms with Crippen LogP contribution in [-0.4, -0.2) is 43.8 Å². The van der Waals surface area contributed by atoms with Gasteiger partial charge in [0.25, 0.3) is 5.91 Å². The normalized spacial score (nSPS) is 11.7. The average Bonchev–Trinajstić information content (AvgIpc) is 3.15. The number of thiazole rings is 1. The van der Waals surface area contributed by atoms with Crippen molar-refractivity contribution in [2.45, 2.75) is 25.3 Å². The van der Waals surface area contributed by atoms with E-state index >= 15 is 0 Å². The molecule has 0 radical (unpaired) electrons. The predicted octanol–water partition coefficient (Wildman–Crippen LogP) is 3.27. The van der Waals surface area contributed by atoms with Crippen LogP contribution in [0.5, 0.6) is 5.75 Å². The molecule has 1 N–H and O–H groups in total. The van der Waals surface area contributed by atoms with E-state index in [9.17, 15) is 13.2 Å². The first-order chi connectivity index (χ1) is 13.9. The van der Waals surface area contributed by atoms with E-state index in [4.69, 9.17) is 4.74 Å². The summed E-state index contributed by atoms with van der Waals surface area (Å²) in [6.07, 6.45) is 0. The van der Waals surface area contributed by atoms with Gasteiger partial charge in [-0.3, -0.25) is 4.79 Å². The maximum absolute atomic E-state index is 12.9. The number of para-hydroxylation sites is 1. The predicted molar refractivity (Wildman–Crippen MR) is 114 cm³/mol. The molecule has 2 aromatic carbocycles. The molecular formula is C20H23N3O4S2. The molecule has 1 heterocycles. The molecular weight excluding hydrogens is 410 g/mol. The van der Waals surface area contributed by atoms with Crippen LogP contribution < -0.4 is 10.1 Å². The molecule has 3 rings (SSSR count). The van der Waals surface area contributed by atoms with Crippen molar-refractivity contribution in [2.24, 2.45) is 0 Å². The Morgan fingerprint density at radius 3 is 2.55 bits per heavy atom. The Kier molecular flexibility index (Phi) is 6.51. The summed E-state index contributed by atoms with van der Waals surface area (Å²) >= 11 is 1.51. The SMILES string of the molecule is CCN(CC)S(=O)(=O)c1cc(C(=O)NCc2nc3ccccc3s2)ccc1OC. The third-order valence-electron chi connectivity index (χ3n) is 4.49. The second-order valence-corrected chi connectivity index (χ2v) is 9.23. The van der Waals surface area contributed by atoms with Crippen LogP contribution in [0.25, 0.3) is 10.2 Å². The van der Waals surface area contributed by atoms with Crippen molar-refractivity contribution >= 4 is 37.5 Å². The molecule has 154 valence electrons. The monoisotopic (exact) mass is 433 g/mol. The van der Waals surface area contributed by atoms with Crippen molar-refractivity contribution in [3.05, 3.63) is 53.0 Å². The minimum Gasteiger partial charge on any atom is -0.495 e. The number of rotatable bonds is 8. The van der Waals surface area contributed by atoms with Crippen LogP contribution in [-0.2, 0) is 16.6 Å². The number of aromatic nitrogens is 1. The van der Waals surface area contributed by atoms with Crippen molar-refractivity contribution in [3.63, 3.8) is 0 Å². The first kappa shape index (κ1) is 21.2. The molecule has 1 amide bonds. The van der Waals surface area contributed by atoms with Gasteiger partial charge in [0, 0.05) is 18.7 Å². The van der Waals surface area contributed by atoms with Crippen LogP contribution in [0, 0.1) is 0 Å². The van der Waals surface area contributed by atoms with Gasteiger partial charge in [-0.25, -0.2) is 13.4 Å². The van der Waals surface area contributed by atoms with Gasteiger partial charge in [-0.15, -0.1) is 11.3 Å². The number of carbonyl (C=O) groups excluding carboxylic acids is 1. The lowest BCUT2D eigenvalue weighted by atomic mass is 10.2. The second-order valence-electron chi connectivity index (χ2n) is 6.21. The maximum Gasteiger partial charge on any atom is 0.251 e. The topological polar surface area (TPSA) is 88.6 Å². The Labute approximate surface area is 174 Å². The zero-order valence-electron chi connectivity index (χ0n) is 16.5. The van der Waals surface area contributed by atoms with Gasteiger partial charge < -0.3 is 10.1 Å². The van der Waals surface area contributed by atoms with Gasteiger partial charge in [0.2, 0.25) is 10.0 Å². The molecule has 0 aliphatic heterocycles. The lowest BCUT2D eigenvalue weighted by Crippen LogP contribution is -2.31. The van der Waals surface area contributed by atoms with Gasteiger partial charge in [-0.2, -0.15) is 4.31 Å². The Balaban J connectivity index is 1.83. The van der Waals surface area contributed by atoms with Gasteiger partial charge in [-0.05, 0) is 30.3 Å². The molecule has 7 nitrogen and oxygen atoms in total. The second kappa shape index (κ2) is 8.89. The molecule has 0 aliphatic rings. The number of sulfonamides is 1. The quantitative estimate of drug-likeness (QED) is 0.589. The fourth-order valence-corrected chi connectivity index (χ4v) is 5.52. The number of ether oxygens (including phenoxy) is 1. The zero-order chi connectivity index (χ0) is 21.0. The number of nitrogens with zero attached hydrogens (tertiary/aromatic N) is 2. The lowest BCUT2D eigenvalue weighted by molar-refractivity contribution is 0.0950. The van der Waals surface area contributed by atoms with Crippen molar-refractivity contribution in [2.75, 3.05) is 20.2 Å².